The number of carbonyl (C=O) groups is 1. The van der Waals surface area contributed by atoms with E-state index in [0.717, 1.165) is 58.0 Å². The molecule has 0 atom stereocenters. The molecular weight excluding hydrogens is 350 g/mol. The van der Waals surface area contributed by atoms with E-state index >= 15 is 0 Å². The van der Waals surface area contributed by atoms with E-state index < -0.39 is 0 Å². The third kappa shape index (κ3) is 4.30. The lowest BCUT2D eigenvalue weighted by Gasteiger charge is -2.39. The van der Waals surface area contributed by atoms with Crippen molar-refractivity contribution in [3.05, 3.63) is 59.7 Å². The fraction of sp³-hybridized carbons (Fsp3) is 0.435. The maximum Gasteiger partial charge on any atom is 0.227 e. The smallest absolute Gasteiger partial charge is 0.227 e. The van der Waals surface area contributed by atoms with Crippen LogP contribution in [0.4, 0.5) is 11.4 Å². The lowest BCUT2D eigenvalue weighted by molar-refractivity contribution is -0.130. The Morgan fingerprint density at radius 1 is 0.857 bits per heavy atom. The van der Waals surface area contributed by atoms with Crippen molar-refractivity contribution in [3.8, 4) is 0 Å². The highest BCUT2D eigenvalue weighted by Crippen LogP contribution is 2.30. The first-order valence-electron chi connectivity index (χ1n) is 10.2. The third-order valence-electron chi connectivity index (χ3n) is 5.64. The van der Waals surface area contributed by atoms with Crippen LogP contribution in [0.15, 0.2) is 48.5 Å². The van der Waals surface area contributed by atoms with Gasteiger partial charge in [0.15, 0.2) is 0 Å². The van der Waals surface area contributed by atoms with Gasteiger partial charge in [-0.15, -0.1) is 0 Å². The van der Waals surface area contributed by atoms with Crippen LogP contribution in [-0.4, -0.2) is 63.3 Å². The molecule has 28 heavy (non-hydrogen) atoms. The topological polar surface area (TPSA) is 36.0 Å². The van der Waals surface area contributed by atoms with Crippen LogP contribution in [0.5, 0.6) is 0 Å². The van der Waals surface area contributed by atoms with Gasteiger partial charge in [0.05, 0.1) is 31.0 Å². The number of rotatable bonds is 4. The maximum absolute atomic E-state index is 12.7. The molecule has 0 unspecified atom stereocenters. The molecule has 0 saturated carbocycles. The molecule has 5 nitrogen and oxygen atoms in total. The van der Waals surface area contributed by atoms with Gasteiger partial charge < -0.3 is 19.4 Å². The summed E-state index contributed by atoms with van der Waals surface area (Å²) in [5.74, 6) is 0.228. The molecule has 2 saturated heterocycles. The van der Waals surface area contributed by atoms with E-state index in [2.05, 4.69) is 53.1 Å². The molecule has 148 valence electrons. The normalized spacial score (nSPS) is 17.7. The van der Waals surface area contributed by atoms with Gasteiger partial charge in [-0.1, -0.05) is 42.0 Å². The van der Waals surface area contributed by atoms with Crippen LogP contribution in [-0.2, 0) is 16.0 Å². The number of anilines is 2. The predicted molar refractivity (Wildman–Crippen MR) is 113 cm³/mol. The SMILES string of the molecule is Cc1cccc(CC(=O)N2CCN(c3ccccc3N3CCOCC3)CC2)c1. The number of carbonyl (C=O) groups excluding carboxylic acids is 1. The van der Waals surface area contributed by atoms with Crippen molar-refractivity contribution in [2.45, 2.75) is 13.3 Å². The van der Waals surface area contributed by atoms with Gasteiger partial charge >= 0.3 is 0 Å². The van der Waals surface area contributed by atoms with Crippen molar-refractivity contribution in [2.24, 2.45) is 0 Å². The first-order valence-corrected chi connectivity index (χ1v) is 10.2. The lowest BCUT2D eigenvalue weighted by Crippen LogP contribution is -2.49. The van der Waals surface area contributed by atoms with Gasteiger partial charge in [-0.3, -0.25) is 4.79 Å². The number of aryl methyl sites for hydroxylation is 1. The Hall–Kier alpha value is -2.53. The van der Waals surface area contributed by atoms with E-state index in [1.165, 1.54) is 16.9 Å². The fourth-order valence-corrected chi connectivity index (χ4v) is 4.11. The van der Waals surface area contributed by atoms with Crippen LogP contribution >= 0.6 is 0 Å². The number of hydrogen-bond donors (Lipinski definition) is 0. The number of morpholine rings is 1. The molecule has 0 spiro atoms. The Morgan fingerprint density at radius 3 is 2.14 bits per heavy atom. The van der Waals surface area contributed by atoms with Gasteiger partial charge in [0.2, 0.25) is 5.91 Å². The number of hydrogen-bond acceptors (Lipinski definition) is 4. The Bertz CT molecular complexity index is 809. The standard InChI is InChI=1S/C23H29N3O2/c1-19-5-4-6-20(17-19)18-23(27)26-11-9-24(10-12-26)21-7-2-3-8-22(21)25-13-15-28-16-14-25/h2-8,17H,9-16,18H2,1H3. The van der Waals surface area contributed by atoms with Gasteiger partial charge in [-0.25, -0.2) is 0 Å². The molecular formula is C23H29N3O2. The molecule has 1 amide bonds. The molecule has 0 bridgehead atoms. The Labute approximate surface area is 167 Å². The summed E-state index contributed by atoms with van der Waals surface area (Å²) in [7, 11) is 0. The van der Waals surface area contributed by atoms with Crippen LogP contribution in [0.1, 0.15) is 11.1 Å². The summed E-state index contributed by atoms with van der Waals surface area (Å²) in [5.41, 5.74) is 4.86. The van der Waals surface area contributed by atoms with E-state index in [-0.39, 0.29) is 5.91 Å². The number of piperazine rings is 1. The van der Waals surface area contributed by atoms with Crippen LogP contribution in [0.25, 0.3) is 0 Å². The fourth-order valence-electron chi connectivity index (χ4n) is 4.11. The molecule has 0 radical (unpaired) electrons. The highest BCUT2D eigenvalue weighted by Gasteiger charge is 2.24. The molecule has 2 aromatic carbocycles. The predicted octanol–water partition coefficient (Wildman–Crippen LogP) is 2.72. The zero-order valence-electron chi connectivity index (χ0n) is 16.6. The minimum absolute atomic E-state index is 0.228. The molecule has 2 heterocycles. The molecule has 2 aliphatic rings. The quantitative estimate of drug-likeness (QED) is 0.818. The summed E-state index contributed by atoms with van der Waals surface area (Å²) < 4.78 is 5.50. The second-order valence-corrected chi connectivity index (χ2v) is 7.62. The minimum atomic E-state index is 0.228. The molecule has 5 heteroatoms. The summed E-state index contributed by atoms with van der Waals surface area (Å²) in [4.78, 5) is 19.6. The van der Waals surface area contributed by atoms with Crippen molar-refractivity contribution in [2.75, 3.05) is 62.3 Å². The van der Waals surface area contributed by atoms with Crippen molar-refractivity contribution in [1.82, 2.24) is 4.90 Å². The monoisotopic (exact) mass is 379 g/mol. The van der Waals surface area contributed by atoms with Crippen molar-refractivity contribution in [1.29, 1.82) is 0 Å². The second-order valence-electron chi connectivity index (χ2n) is 7.62. The second kappa shape index (κ2) is 8.65. The average Bonchev–Trinajstić information content (AvgIpc) is 2.74. The van der Waals surface area contributed by atoms with Crippen molar-refractivity contribution >= 4 is 17.3 Å². The van der Waals surface area contributed by atoms with Crippen molar-refractivity contribution < 1.29 is 9.53 Å². The highest BCUT2D eigenvalue weighted by atomic mass is 16.5. The largest absolute Gasteiger partial charge is 0.378 e. The minimum Gasteiger partial charge on any atom is -0.378 e. The van der Waals surface area contributed by atoms with Gasteiger partial charge in [0.1, 0.15) is 0 Å². The molecule has 0 aromatic heterocycles. The van der Waals surface area contributed by atoms with Crippen LogP contribution < -0.4 is 9.80 Å². The molecule has 2 aromatic rings. The van der Waals surface area contributed by atoms with Crippen molar-refractivity contribution in [3.63, 3.8) is 0 Å². The van der Waals surface area contributed by atoms with E-state index in [1.807, 2.05) is 17.0 Å². The number of para-hydroxylation sites is 2. The van der Waals surface area contributed by atoms with Crippen LogP contribution in [0, 0.1) is 6.92 Å². The van der Waals surface area contributed by atoms with E-state index in [9.17, 15) is 4.79 Å². The van der Waals surface area contributed by atoms with Crippen LogP contribution in [0.2, 0.25) is 0 Å². The van der Waals surface area contributed by atoms with Gasteiger partial charge in [-0.05, 0) is 24.6 Å². The first kappa shape index (κ1) is 18.8. The summed E-state index contributed by atoms with van der Waals surface area (Å²) in [6.45, 7) is 8.83. The summed E-state index contributed by atoms with van der Waals surface area (Å²) in [6.07, 6.45) is 0.492. The Balaban J connectivity index is 1.38. The lowest BCUT2D eigenvalue weighted by atomic mass is 10.1. The maximum atomic E-state index is 12.7. The molecule has 2 fully saturated rings. The van der Waals surface area contributed by atoms with E-state index in [0.29, 0.717) is 6.42 Å². The van der Waals surface area contributed by atoms with E-state index in [4.69, 9.17) is 4.74 Å². The van der Waals surface area contributed by atoms with E-state index in [1.54, 1.807) is 0 Å². The van der Waals surface area contributed by atoms with Gasteiger partial charge in [0, 0.05) is 39.3 Å². The number of benzene rings is 2. The highest BCUT2D eigenvalue weighted by molar-refractivity contribution is 5.79. The first-order chi connectivity index (χ1) is 13.7. The number of ether oxygens (including phenoxy) is 1. The van der Waals surface area contributed by atoms with Gasteiger partial charge in [0.25, 0.3) is 0 Å². The summed E-state index contributed by atoms with van der Waals surface area (Å²) in [5, 5.41) is 0. The van der Waals surface area contributed by atoms with Gasteiger partial charge in [-0.2, -0.15) is 0 Å². The Kier molecular flexibility index (Phi) is 5.81. The zero-order chi connectivity index (χ0) is 19.3. The molecule has 4 rings (SSSR count). The molecule has 2 aliphatic heterocycles. The Morgan fingerprint density at radius 2 is 1.50 bits per heavy atom. The summed E-state index contributed by atoms with van der Waals surface area (Å²) >= 11 is 0. The van der Waals surface area contributed by atoms with Crippen LogP contribution in [0.3, 0.4) is 0 Å². The summed E-state index contributed by atoms with van der Waals surface area (Å²) in [6, 6.07) is 16.9. The number of nitrogens with zero attached hydrogens (tertiary/aromatic N) is 3. The molecule has 0 aliphatic carbocycles. The number of amides is 1. The third-order valence-corrected chi connectivity index (χ3v) is 5.64. The molecule has 0 N–H and O–H groups in total. The average molecular weight is 380 g/mol. The zero-order valence-corrected chi connectivity index (χ0v) is 16.6.